The van der Waals surface area contributed by atoms with Crippen LogP contribution < -0.4 is 10.1 Å². The van der Waals surface area contributed by atoms with E-state index in [0.29, 0.717) is 41.5 Å². The second-order valence-corrected chi connectivity index (χ2v) is 11.6. The highest BCUT2D eigenvalue weighted by Gasteiger charge is 2.29. The number of methoxy groups -OCH3 is 1. The van der Waals surface area contributed by atoms with Crippen molar-refractivity contribution in [3.05, 3.63) is 87.9 Å². The van der Waals surface area contributed by atoms with Crippen molar-refractivity contribution >= 4 is 58.8 Å². The van der Waals surface area contributed by atoms with Gasteiger partial charge in [0.05, 0.1) is 17.2 Å². The van der Waals surface area contributed by atoms with Crippen LogP contribution in [0.5, 0.6) is 5.75 Å². The van der Waals surface area contributed by atoms with E-state index in [-0.39, 0.29) is 24.2 Å². The number of ether oxygens (including phenoxy) is 1. The Labute approximate surface area is 259 Å². The van der Waals surface area contributed by atoms with E-state index in [4.69, 9.17) is 27.9 Å². The van der Waals surface area contributed by atoms with Gasteiger partial charge in [-0.05, 0) is 65.6 Å². The highest BCUT2D eigenvalue weighted by atomic mass is 35.5. The normalized spacial score (nSPS) is 14.5. The topological polar surface area (TPSA) is 95.9 Å². The van der Waals surface area contributed by atoms with E-state index in [9.17, 15) is 19.5 Å². The maximum absolute atomic E-state index is 13.0. The largest absolute Gasteiger partial charge is 0.497 e. The smallest absolute Gasteiger partial charge is 0.326 e. The van der Waals surface area contributed by atoms with Crippen LogP contribution in [0.3, 0.4) is 0 Å². The number of hydrogen-bond donors (Lipinski definition) is 2. The molecule has 2 N–H and O–H groups in total. The number of halogens is 2. The van der Waals surface area contributed by atoms with E-state index in [0.717, 1.165) is 27.3 Å². The summed E-state index contributed by atoms with van der Waals surface area (Å²) < 4.78 is 5.29. The fourth-order valence-corrected chi connectivity index (χ4v) is 6.00. The van der Waals surface area contributed by atoms with Crippen LogP contribution in [0.4, 0.5) is 0 Å². The van der Waals surface area contributed by atoms with Gasteiger partial charge in [-0.2, -0.15) is 0 Å². The number of amides is 2. The van der Waals surface area contributed by atoms with Crippen LogP contribution in [0.25, 0.3) is 17.2 Å². The molecule has 1 unspecified atom stereocenters. The molecule has 220 valence electrons. The highest BCUT2D eigenvalue weighted by Crippen LogP contribution is 2.35. The number of carboxylic acid groups (broad SMARTS) is 1. The Balaban J connectivity index is 1.30. The van der Waals surface area contributed by atoms with Crippen molar-refractivity contribution in [2.75, 3.05) is 26.5 Å². The molecule has 0 aromatic heterocycles. The lowest BCUT2D eigenvalue weighted by Crippen LogP contribution is -2.48. The number of aliphatic carboxylic acids is 1. The fraction of sp³-hybridized carbons (Fsp3) is 0.281. The van der Waals surface area contributed by atoms with Crippen LogP contribution in [0.15, 0.2) is 71.6 Å². The maximum Gasteiger partial charge on any atom is 0.326 e. The Bertz CT molecular complexity index is 1470. The van der Waals surface area contributed by atoms with Crippen LogP contribution in [-0.4, -0.2) is 60.3 Å². The average Bonchev–Trinajstić information content (AvgIpc) is 3.01. The van der Waals surface area contributed by atoms with Crippen LogP contribution in [0.2, 0.25) is 10.0 Å². The molecule has 0 aliphatic carbocycles. The quantitative estimate of drug-likeness (QED) is 0.198. The van der Waals surface area contributed by atoms with Crippen molar-refractivity contribution in [3.63, 3.8) is 0 Å². The molecular formula is C32H32Cl2N2O5S. The van der Waals surface area contributed by atoms with Crippen LogP contribution in [0.1, 0.15) is 24.0 Å². The first kappa shape index (κ1) is 31.5. The van der Waals surface area contributed by atoms with Gasteiger partial charge in [0.25, 0.3) is 0 Å². The Morgan fingerprint density at radius 2 is 1.76 bits per heavy atom. The summed E-state index contributed by atoms with van der Waals surface area (Å²) in [5.74, 6) is -1.21. The summed E-state index contributed by atoms with van der Waals surface area (Å²) in [6, 6.07) is 17.9. The van der Waals surface area contributed by atoms with Gasteiger partial charge in [0.1, 0.15) is 11.8 Å². The number of hydrogen-bond acceptors (Lipinski definition) is 5. The van der Waals surface area contributed by atoms with E-state index in [1.54, 1.807) is 18.1 Å². The zero-order valence-electron chi connectivity index (χ0n) is 23.3. The summed E-state index contributed by atoms with van der Waals surface area (Å²) in [4.78, 5) is 40.3. The highest BCUT2D eigenvalue weighted by molar-refractivity contribution is 7.98. The standard InChI is InChI=1S/C32H32Cl2N2O5S/c1-41-25-5-3-4-24(19-25)21-8-6-20(7-9-21)18-26(32(39)40)35-31(38)23-14-16-36(17-15-23)28(37)13-11-22-10-12-27(42-2)30(34)29(22)33/h3-13,19,23,26H,14-18H2,1-2H3,(H,35,38)(H,39,40). The van der Waals surface area contributed by atoms with Gasteiger partial charge in [0.15, 0.2) is 0 Å². The van der Waals surface area contributed by atoms with E-state index < -0.39 is 12.0 Å². The van der Waals surface area contributed by atoms with E-state index in [1.165, 1.54) is 17.8 Å². The molecule has 1 heterocycles. The average molecular weight is 628 g/mol. The molecular weight excluding hydrogens is 595 g/mol. The maximum atomic E-state index is 13.0. The number of likely N-dealkylation sites (tertiary alicyclic amines) is 1. The molecule has 0 saturated carbocycles. The number of thioether (sulfide) groups is 1. The van der Waals surface area contributed by atoms with Gasteiger partial charge >= 0.3 is 5.97 Å². The van der Waals surface area contributed by atoms with Gasteiger partial charge in [-0.15, -0.1) is 11.8 Å². The predicted octanol–water partition coefficient (Wildman–Crippen LogP) is 6.45. The number of carbonyl (C=O) groups excluding carboxylic acids is 2. The number of nitrogens with one attached hydrogen (secondary N) is 1. The second kappa shape index (κ2) is 14.6. The minimum Gasteiger partial charge on any atom is -0.497 e. The molecule has 1 saturated heterocycles. The summed E-state index contributed by atoms with van der Waals surface area (Å²) >= 11 is 14.1. The molecule has 42 heavy (non-hydrogen) atoms. The van der Waals surface area contributed by atoms with Gasteiger partial charge in [-0.1, -0.05) is 65.7 Å². The lowest BCUT2D eigenvalue weighted by atomic mass is 9.94. The molecule has 1 aliphatic heterocycles. The summed E-state index contributed by atoms with van der Waals surface area (Å²) in [7, 11) is 1.62. The molecule has 0 bridgehead atoms. The summed E-state index contributed by atoms with van der Waals surface area (Å²) in [6.45, 7) is 0.787. The van der Waals surface area contributed by atoms with Gasteiger partial charge in [0, 0.05) is 36.4 Å². The molecule has 2 amide bonds. The molecule has 7 nitrogen and oxygen atoms in total. The number of carbonyl (C=O) groups is 3. The van der Waals surface area contributed by atoms with Gasteiger partial charge in [0.2, 0.25) is 11.8 Å². The zero-order chi connectivity index (χ0) is 30.2. The van der Waals surface area contributed by atoms with Crippen LogP contribution >= 0.6 is 35.0 Å². The van der Waals surface area contributed by atoms with E-state index in [1.807, 2.05) is 66.9 Å². The minimum absolute atomic E-state index is 0.159. The van der Waals surface area contributed by atoms with E-state index >= 15 is 0 Å². The van der Waals surface area contributed by atoms with Crippen molar-refractivity contribution in [2.24, 2.45) is 5.92 Å². The SMILES string of the molecule is COc1cccc(-c2ccc(CC(NC(=O)C3CCN(C(=O)C=Cc4ccc(SC)c(Cl)c4Cl)CC3)C(=O)O)cc2)c1. The zero-order valence-corrected chi connectivity index (χ0v) is 25.6. The van der Waals surface area contributed by atoms with Crippen molar-refractivity contribution in [3.8, 4) is 16.9 Å². The van der Waals surface area contributed by atoms with Gasteiger partial charge < -0.3 is 20.1 Å². The second-order valence-electron chi connectivity index (χ2n) is 9.95. The van der Waals surface area contributed by atoms with Crippen molar-refractivity contribution in [1.82, 2.24) is 10.2 Å². The van der Waals surface area contributed by atoms with Crippen molar-refractivity contribution in [1.29, 1.82) is 0 Å². The number of carboxylic acids is 1. The number of piperidine rings is 1. The molecule has 3 aromatic carbocycles. The third-order valence-corrected chi connectivity index (χ3v) is 9.08. The van der Waals surface area contributed by atoms with Gasteiger partial charge in [-0.3, -0.25) is 9.59 Å². The molecule has 4 rings (SSSR count). The summed E-state index contributed by atoms with van der Waals surface area (Å²) in [6.07, 6.45) is 6.05. The van der Waals surface area contributed by atoms with Gasteiger partial charge in [-0.25, -0.2) is 4.79 Å². The molecule has 3 aromatic rings. The third-order valence-electron chi connectivity index (χ3n) is 7.29. The molecule has 1 atom stereocenters. The summed E-state index contributed by atoms with van der Waals surface area (Å²) in [5.41, 5.74) is 3.41. The van der Waals surface area contributed by atoms with Crippen LogP contribution in [0, 0.1) is 5.92 Å². The van der Waals surface area contributed by atoms with Crippen LogP contribution in [-0.2, 0) is 20.8 Å². The Kier molecular flexibility index (Phi) is 11.0. The lowest BCUT2D eigenvalue weighted by molar-refractivity contribution is -0.142. The third kappa shape index (κ3) is 7.88. The monoisotopic (exact) mass is 626 g/mol. The first-order valence-corrected chi connectivity index (χ1v) is 15.4. The Hall–Kier alpha value is -3.46. The first-order chi connectivity index (χ1) is 20.2. The molecule has 0 radical (unpaired) electrons. The molecule has 0 spiro atoms. The molecule has 10 heteroatoms. The van der Waals surface area contributed by atoms with Crippen molar-refractivity contribution < 1.29 is 24.2 Å². The summed E-state index contributed by atoms with van der Waals surface area (Å²) in [5, 5.41) is 13.4. The first-order valence-electron chi connectivity index (χ1n) is 13.5. The number of rotatable bonds is 10. The lowest BCUT2D eigenvalue weighted by Gasteiger charge is -2.31. The fourth-order valence-electron chi connectivity index (χ4n) is 4.82. The Morgan fingerprint density at radius 1 is 1.05 bits per heavy atom. The Morgan fingerprint density at radius 3 is 2.40 bits per heavy atom. The minimum atomic E-state index is -1.10. The molecule has 1 aliphatic rings. The number of nitrogens with zero attached hydrogens (tertiary/aromatic N) is 1. The number of benzene rings is 3. The van der Waals surface area contributed by atoms with E-state index in [2.05, 4.69) is 5.32 Å². The van der Waals surface area contributed by atoms with Crippen molar-refractivity contribution in [2.45, 2.75) is 30.2 Å². The molecule has 1 fully saturated rings. The predicted molar refractivity (Wildman–Crippen MR) is 168 cm³/mol.